The Morgan fingerprint density at radius 2 is 2.00 bits per heavy atom. The van der Waals surface area contributed by atoms with Crippen molar-refractivity contribution in [2.45, 2.75) is 26.8 Å². The third-order valence-corrected chi connectivity index (χ3v) is 3.04. The summed E-state index contributed by atoms with van der Waals surface area (Å²) in [5.41, 5.74) is 1.33. The molecule has 0 spiro atoms. The van der Waals surface area contributed by atoms with Gasteiger partial charge in [-0.25, -0.2) is 13.6 Å². The molecule has 2 rings (SSSR count). The number of ether oxygens (including phenoxy) is 1. The summed E-state index contributed by atoms with van der Waals surface area (Å²) in [6, 6.07) is 7.48. The lowest BCUT2D eigenvalue weighted by Crippen LogP contribution is -2.11. The Morgan fingerprint density at radius 1 is 1.33 bits per heavy atom. The largest absolute Gasteiger partial charge is 0.462 e. The van der Waals surface area contributed by atoms with Crippen LogP contribution in [0.5, 0.6) is 0 Å². The third-order valence-electron chi connectivity index (χ3n) is 3.04. The van der Waals surface area contributed by atoms with E-state index >= 15 is 0 Å². The number of alkyl halides is 2. The molecule has 0 atom stereocenters. The van der Waals surface area contributed by atoms with Crippen LogP contribution < -0.4 is 0 Å². The lowest BCUT2D eigenvalue weighted by molar-refractivity contribution is 0.0513. The van der Waals surface area contributed by atoms with Crippen LogP contribution in [0.15, 0.2) is 30.5 Å². The van der Waals surface area contributed by atoms with E-state index in [1.54, 1.807) is 6.92 Å². The number of esters is 1. The average Bonchev–Trinajstić information content (AvgIpc) is 2.85. The van der Waals surface area contributed by atoms with Crippen LogP contribution in [0.4, 0.5) is 8.78 Å². The normalized spacial score (nSPS) is 10.9. The Bertz CT molecular complexity index is 621. The number of nitrogens with zero attached hydrogens (tertiary/aromatic N) is 2. The molecule has 0 aliphatic carbocycles. The molecule has 0 bridgehead atoms. The number of carbonyl (C=O) groups is 1. The summed E-state index contributed by atoms with van der Waals surface area (Å²) < 4.78 is 32.4. The standard InChI is InChI=1S/C15H16F2N2O2/c1-3-21-15(20)12-8-18-19(13(12)14(16)17)9-11-6-4-10(2)5-7-11/h4-8,14H,3,9H2,1-2H3. The van der Waals surface area contributed by atoms with E-state index in [1.807, 2.05) is 31.2 Å². The van der Waals surface area contributed by atoms with Crippen LogP contribution in [-0.2, 0) is 11.3 Å². The zero-order valence-electron chi connectivity index (χ0n) is 11.8. The zero-order chi connectivity index (χ0) is 15.4. The van der Waals surface area contributed by atoms with Crippen molar-refractivity contribution in [3.63, 3.8) is 0 Å². The summed E-state index contributed by atoms with van der Waals surface area (Å²) >= 11 is 0. The molecule has 0 unspecified atom stereocenters. The highest BCUT2D eigenvalue weighted by atomic mass is 19.3. The molecule has 21 heavy (non-hydrogen) atoms. The van der Waals surface area contributed by atoms with Crippen molar-refractivity contribution in [3.05, 3.63) is 52.8 Å². The van der Waals surface area contributed by atoms with Crippen LogP contribution in [0, 0.1) is 6.92 Å². The summed E-state index contributed by atoms with van der Waals surface area (Å²) in [6.07, 6.45) is -1.66. The minimum Gasteiger partial charge on any atom is -0.462 e. The number of hydrogen-bond acceptors (Lipinski definition) is 3. The van der Waals surface area contributed by atoms with Gasteiger partial charge in [-0.05, 0) is 19.4 Å². The van der Waals surface area contributed by atoms with Crippen molar-refractivity contribution >= 4 is 5.97 Å². The van der Waals surface area contributed by atoms with Crippen LogP contribution in [0.1, 0.15) is 40.5 Å². The number of carbonyl (C=O) groups excluding carboxylic acids is 1. The van der Waals surface area contributed by atoms with Crippen LogP contribution >= 0.6 is 0 Å². The van der Waals surface area contributed by atoms with Gasteiger partial charge >= 0.3 is 5.97 Å². The highest BCUT2D eigenvalue weighted by Gasteiger charge is 2.25. The molecule has 4 nitrogen and oxygen atoms in total. The van der Waals surface area contributed by atoms with Gasteiger partial charge in [0.05, 0.1) is 19.3 Å². The second-order valence-corrected chi connectivity index (χ2v) is 4.61. The SMILES string of the molecule is CCOC(=O)c1cnn(Cc2ccc(C)cc2)c1C(F)F. The summed E-state index contributed by atoms with van der Waals surface area (Å²) in [7, 11) is 0. The van der Waals surface area contributed by atoms with Gasteiger partial charge in [0.1, 0.15) is 11.3 Å². The molecule has 0 saturated heterocycles. The van der Waals surface area contributed by atoms with E-state index in [0.29, 0.717) is 0 Å². The number of hydrogen-bond donors (Lipinski definition) is 0. The van der Waals surface area contributed by atoms with Crippen molar-refractivity contribution < 1.29 is 18.3 Å². The fourth-order valence-electron chi connectivity index (χ4n) is 1.98. The quantitative estimate of drug-likeness (QED) is 0.794. The van der Waals surface area contributed by atoms with Gasteiger partial charge in [-0.2, -0.15) is 5.10 Å². The predicted molar refractivity (Wildman–Crippen MR) is 73.4 cm³/mol. The molecule has 0 N–H and O–H groups in total. The molecular formula is C15H16F2N2O2. The van der Waals surface area contributed by atoms with Gasteiger partial charge in [-0.1, -0.05) is 29.8 Å². The molecule has 6 heteroatoms. The van der Waals surface area contributed by atoms with Gasteiger partial charge in [-0.15, -0.1) is 0 Å². The number of aryl methyl sites for hydroxylation is 1. The zero-order valence-corrected chi connectivity index (χ0v) is 11.8. The van der Waals surface area contributed by atoms with Gasteiger partial charge in [0.15, 0.2) is 0 Å². The Labute approximate surface area is 121 Å². The minimum absolute atomic E-state index is 0.130. The monoisotopic (exact) mass is 294 g/mol. The maximum atomic E-state index is 13.2. The van der Waals surface area contributed by atoms with E-state index in [9.17, 15) is 13.6 Å². The van der Waals surface area contributed by atoms with Crippen LogP contribution in [0.25, 0.3) is 0 Å². The molecule has 0 amide bonds. The van der Waals surface area contributed by atoms with E-state index in [1.165, 1.54) is 0 Å². The Morgan fingerprint density at radius 3 is 2.57 bits per heavy atom. The van der Waals surface area contributed by atoms with Crippen molar-refractivity contribution in [2.75, 3.05) is 6.61 Å². The van der Waals surface area contributed by atoms with Crippen LogP contribution in [0.2, 0.25) is 0 Å². The topological polar surface area (TPSA) is 44.1 Å². The molecule has 1 aromatic heterocycles. The van der Waals surface area contributed by atoms with Crippen LogP contribution in [-0.4, -0.2) is 22.4 Å². The molecule has 0 saturated carbocycles. The number of halogens is 2. The van der Waals surface area contributed by atoms with Crippen molar-refractivity contribution in [3.8, 4) is 0 Å². The van der Waals surface area contributed by atoms with E-state index in [4.69, 9.17) is 4.74 Å². The first-order valence-electron chi connectivity index (χ1n) is 6.59. The smallest absolute Gasteiger partial charge is 0.341 e. The fraction of sp³-hybridized carbons (Fsp3) is 0.333. The summed E-state index contributed by atoms with van der Waals surface area (Å²) in [5, 5.41) is 3.89. The molecular weight excluding hydrogens is 278 g/mol. The van der Waals surface area contributed by atoms with Crippen LogP contribution in [0.3, 0.4) is 0 Å². The van der Waals surface area contributed by atoms with Gasteiger partial charge in [0, 0.05) is 0 Å². The first-order chi connectivity index (χ1) is 10.0. The minimum atomic E-state index is -2.79. The number of benzene rings is 1. The highest BCUT2D eigenvalue weighted by Crippen LogP contribution is 2.24. The number of rotatable bonds is 5. The summed E-state index contributed by atoms with van der Waals surface area (Å²) in [4.78, 5) is 11.7. The molecule has 112 valence electrons. The Hall–Kier alpha value is -2.24. The predicted octanol–water partition coefficient (Wildman–Crippen LogP) is 3.35. The third kappa shape index (κ3) is 3.45. The average molecular weight is 294 g/mol. The molecule has 2 aromatic rings. The van der Waals surface area contributed by atoms with E-state index < -0.39 is 18.1 Å². The first kappa shape index (κ1) is 15.2. The molecule has 0 aliphatic rings. The lowest BCUT2D eigenvalue weighted by atomic mass is 10.1. The van der Waals surface area contributed by atoms with Gasteiger partial charge in [0.2, 0.25) is 0 Å². The lowest BCUT2D eigenvalue weighted by Gasteiger charge is -2.09. The second-order valence-electron chi connectivity index (χ2n) is 4.61. The van der Waals surface area contributed by atoms with E-state index in [0.717, 1.165) is 22.0 Å². The molecule has 0 fully saturated rings. The van der Waals surface area contributed by atoms with E-state index in [-0.39, 0.29) is 18.7 Å². The molecule has 0 radical (unpaired) electrons. The second kappa shape index (κ2) is 6.47. The van der Waals surface area contributed by atoms with Gasteiger partial charge in [0.25, 0.3) is 6.43 Å². The van der Waals surface area contributed by atoms with E-state index in [2.05, 4.69) is 5.10 Å². The maximum Gasteiger partial charge on any atom is 0.341 e. The fourth-order valence-corrected chi connectivity index (χ4v) is 1.98. The Kier molecular flexibility index (Phi) is 4.67. The van der Waals surface area contributed by atoms with Gasteiger partial charge < -0.3 is 4.74 Å². The highest BCUT2D eigenvalue weighted by molar-refractivity contribution is 5.90. The molecule has 1 heterocycles. The van der Waals surface area contributed by atoms with Crippen molar-refractivity contribution in [1.82, 2.24) is 9.78 Å². The Balaban J connectivity index is 2.31. The summed E-state index contributed by atoms with van der Waals surface area (Å²) in [6.45, 7) is 3.88. The molecule has 0 aliphatic heterocycles. The van der Waals surface area contributed by atoms with Gasteiger partial charge in [-0.3, -0.25) is 4.68 Å². The maximum absolute atomic E-state index is 13.2. The van der Waals surface area contributed by atoms with Crippen molar-refractivity contribution in [2.24, 2.45) is 0 Å². The van der Waals surface area contributed by atoms with Crippen molar-refractivity contribution in [1.29, 1.82) is 0 Å². The first-order valence-corrected chi connectivity index (χ1v) is 6.59. The molecule has 1 aromatic carbocycles. The summed E-state index contributed by atoms with van der Waals surface area (Å²) in [5.74, 6) is -0.775. The number of aromatic nitrogens is 2.